The van der Waals surface area contributed by atoms with Crippen LogP contribution >= 0.6 is 0 Å². The van der Waals surface area contributed by atoms with Crippen LogP contribution in [0.15, 0.2) is 48.5 Å². The van der Waals surface area contributed by atoms with E-state index in [2.05, 4.69) is 10.6 Å². The van der Waals surface area contributed by atoms with Crippen LogP contribution in [0.25, 0.3) is 0 Å². The van der Waals surface area contributed by atoms with Crippen molar-refractivity contribution in [2.75, 3.05) is 19.0 Å². The van der Waals surface area contributed by atoms with Crippen LogP contribution in [-0.2, 0) is 4.79 Å². The lowest BCUT2D eigenvalue weighted by Crippen LogP contribution is -2.50. The van der Waals surface area contributed by atoms with Gasteiger partial charge < -0.3 is 20.1 Å². The number of para-hydroxylation sites is 2. The Balaban J connectivity index is 1.67. The number of benzene rings is 2. The first-order chi connectivity index (χ1) is 12.2. The fraction of sp³-hybridized carbons (Fsp3) is 0.350. The second kappa shape index (κ2) is 7.57. The van der Waals surface area contributed by atoms with Crippen molar-refractivity contribution in [2.45, 2.75) is 31.7 Å². The summed E-state index contributed by atoms with van der Waals surface area (Å²) in [5.74, 6) is 2.05. The third kappa shape index (κ3) is 3.77. The number of amides is 1. The number of carbonyl (C=O) groups excluding carboxylic acids is 1. The average molecular weight is 340 g/mol. The summed E-state index contributed by atoms with van der Waals surface area (Å²) in [6.07, 6.45) is 2.70. The molecule has 0 spiro atoms. The number of ether oxygens (including phenoxy) is 2. The van der Waals surface area contributed by atoms with Crippen molar-refractivity contribution in [3.8, 4) is 17.2 Å². The van der Waals surface area contributed by atoms with Crippen LogP contribution in [0, 0.1) is 0 Å². The Hall–Kier alpha value is -2.53. The van der Waals surface area contributed by atoms with Crippen molar-refractivity contribution in [1.82, 2.24) is 5.32 Å². The molecular formula is C20H24N2O3. The Kier molecular flexibility index (Phi) is 5.24. The van der Waals surface area contributed by atoms with Gasteiger partial charge in [0.1, 0.15) is 5.75 Å². The molecule has 1 amide bonds. The predicted octanol–water partition coefficient (Wildman–Crippen LogP) is 3.96. The van der Waals surface area contributed by atoms with Gasteiger partial charge in [-0.3, -0.25) is 4.79 Å². The van der Waals surface area contributed by atoms with Gasteiger partial charge in [0.2, 0.25) is 5.91 Å². The van der Waals surface area contributed by atoms with E-state index in [0.29, 0.717) is 17.2 Å². The summed E-state index contributed by atoms with van der Waals surface area (Å²) in [6.45, 7) is 2.94. The molecule has 1 heterocycles. The predicted molar refractivity (Wildman–Crippen MR) is 98.4 cm³/mol. The molecule has 2 aromatic carbocycles. The van der Waals surface area contributed by atoms with E-state index in [1.165, 1.54) is 0 Å². The Morgan fingerprint density at radius 1 is 1.16 bits per heavy atom. The van der Waals surface area contributed by atoms with Gasteiger partial charge in [0.15, 0.2) is 11.5 Å². The number of anilines is 1. The van der Waals surface area contributed by atoms with Crippen molar-refractivity contribution in [1.29, 1.82) is 0 Å². The van der Waals surface area contributed by atoms with Gasteiger partial charge >= 0.3 is 0 Å². The molecule has 0 radical (unpaired) electrons. The number of nitrogens with one attached hydrogen (secondary N) is 2. The van der Waals surface area contributed by atoms with Crippen molar-refractivity contribution >= 4 is 11.6 Å². The van der Waals surface area contributed by atoms with Gasteiger partial charge in [-0.25, -0.2) is 0 Å². The van der Waals surface area contributed by atoms with Gasteiger partial charge in [-0.1, -0.05) is 19.1 Å². The molecule has 0 aliphatic carbocycles. The quantitative estimate of drug-likeness (QED) is 0.836. The van der Waals surface area contributed by atoms with Crippen molar-refractivity contribution < 1.29 is 14.3 Å². The maximum Gasteiger partial charge on any atom is 0.244 e. The van der Waals surface area contributed by atoms with Gasteiger partial charge in [0.25, 0.3) is 0 Å². The van der Waals surface area contributed by atoms with Gasteiger partial charge in [-0.2, -0.15) is 0 Å². The minimum atomic E-state index is -0.438. The topological polar surface area (TPSA) is 59.6 Å². The highest BCUT2D eigenvalue weighted by molar-refractivity contribution is 5.98. The zero-order chi connectivity index (χ0) is 17.7. The Morgan fingerprint density at radius 3 is 2.48 bits per heavy atom. The summed E-state index contributed by atoms with van der Waals surface area (Å²) in [7, 11) is 1.61. The van der Waals surface area contributed by atoms with Gasteiger partial charge in [-0.05, 0) is 62.2 Å². The van der Waals surface area contributed by atoms with Crippen LogP contribution in [0.2, 0.25) is 0 Å². The normalized spacial score (nSPS) is 19.4. The maximum absolute atomic E-state index is 12.6. The Labute approximate surface area is 148 Å². The molecule has 0 aromatic heterocycles. The first-order valence-electron chi connectivity index (χ1n) is 8.64. The van der Waals surface area contributed by atoms with E-state index in [0.717, 1.165) is 31.5 Å². The number of hydrogen-bond acceptors (Lipinski definition) is 4. The van der Waals surface area contributed by atoms with Crippen LogP contribution in [0.1, 0.15) is 26.2 Å². The van der Waals surface area contributed by atoms with E-state index in [-0.39, 0.29) is 5.91 Å². The fourth-order valence-electron chi connectivity index (χ4n) is 3.15. The zero-order valence-corrected chi connectivity index (χ0v) is 14.7. The van der Waals surface area contributed by atoms with E-state index in [4.69, 9.17) is 9.47 Å². The SMILES string of the molecule is CCC1(C(=O)Nc2ccc(Oc3ccccc3OC)cc2)CCCN1. The summed E-state index contributed by atoms with van der Waals surface area (Å²) in [6, 6.07) is 14.9. The summed E-state index contributed by atoms with van der Waals surface area (Å²) in [5, 5.41) is 6.35. The summed E-state index contributed by atoms with van der Waals surface area (Å²) >= 11 is 0. The third-order valence-electron chi connectivity index (χ3n) is 4.69. The number of carbonyl (C=O) groups is 1. The molecule has 5 heteroatoms. The molecule has 1 unspecified atom stereocenters. The van der Waals surface area contributed by atoms with Gasteiger partial charge in [0.05, 0.1) is 12.6 Å². The highest BCUT2D eigenvalue weighted by Crippen LogP contribution is 2.31. The van der Waals surface area contributed by atoms with Gasteiger partial charge in [0, 0.05) is 5.69 Å². The number of rotatable bonds is 6. The molecule has 3 rings (SSSR count). The smallest absolute Gasteiger partial charge is 0.244 e. The largest absolute Gasteiger partial charge is 0.493 e. The molecule has 2 aromatic rings. The third-order valence-corrected chi connectivity index (χ3v) is 4.69. The number of methoxy groups -OCH3 is 1. The Bertz CT molecular complexity index is 722. The zero-order valence-electron chi connectivity index (χ0n) is 14.7. The van der Waals surface area contributed by atoms with Crippen LogP contribution in [-0.4, -0.2) is 25.1 Å². The van der Waals surface area contributed by atoms with Crippen LogP contribution in [0.4, 0.5) is 5.69 Å². The molecule has 1 aliphatic rings. The molecular weight excluding hydrogens is 316 g/mol. The molecule has 1 saturated heterocycles. The van der Waals surface area contributed by atoms with Crippen molar-refractivity contribution in [2.24, 2.45) is 0 Å². The first kappa shape index (κ1) is 17.3. The summed E-state index contributed by atoms with van der Waals surface area (Å²) in [4.78, 5) is 12.6. The molecule has 5 nitrogen and oxygen atoms in total. The second-order valence-corrected chi connectivity index (χ2v) is 6.20. The first-order valence-corrected chi connectivity index (χ1v) is 8.64. The minimum Gasteiger partial charge on any atom is -0.493 e. The minimum absolute atomic E-state index is 0.0332. The maximum atomic E-state index is 12.6. The lowest BCUT2D eigenvalue weighted by molar-refractivity contribution is -0.122. The van der Waals surface area contributed by atoms with E-state index < -0.39 is 5.54 Å². The lowest BCUT2D eigenvalue weighted by Gasteiger charge is -2.26. The number of hydrogen-bond donors (Lipinski definition) is 2. The van der Waals surface area contributed by atoms with E-state index in [1.54, 1.807) is 7.11 Å². The van der Waals surface area contributed by atoms with E-state index in [9.17, 15) is 4.79 Å². The monoisotopic (exact) mass is 340 g/mol. The highest BCUT2D eigenvalue weighted by Gasteiger charge is 2.38. The molecule has 1 aliphatic heterocycles. The Morgan fingerprint density at radius 2 is 1.88 bits per heavy atom. The molecule has 2 N–H and O–H groups in total. The highest BCUT2D eigenvalue weighted by atomic mass is 16.5. The lowest BCUT2D eigenvalue weighted by atomic mass is 9.93. The average Bonchev–Trinajstić information content (AvgIpc) is 3.14. The molecule has 0 saturated carbocycles. The van der Waals surface area contributed by atoms with Crippen LogP contribution in [0.3, 0.4) is 0 Å². The summed E-state index contributed by atoms with van der Waals surface area (Å²) < 4.78 is 11.1. The van der Waals surface area contributed by atoms with Crippen LogP contribution in [0.5, 0.6) is 17.2 Å². The summed E-state index contributed by atoms with van der Waals surface area (Å²) in [5.41, 5.74) is 0.325. The molecule has 132 valence electrons. The second-order valence-electron chi connectivity index (χ2n) is 6.20. The van der Waals surface area contributed by atoms with E-state index >= 15 is 0 Å². The van der Waals surface area contributed by atoms with Crippen molar-refractivity contribution in [3.63, 3.8) is 0 Å². The molecule has 0 bridgehead atoms. The van der Waals surface area contributed by atoms with E-state index in [1.807, 2.05) is 55.5 Å². The molecule has 1 atom stereocenters. The van der Waals surface area contributed by atoms with Crippen LogP contribution < -0.4 is 20.1 Å². The fourth-order valence-corrected chi connectivity index (χ4v) is 3.15. The molecule has 25 heavy (non-hydrogen) atoms. The van der Waals surface area contributed by atoms with Crippen molar-refractivity contribution in [3.05, 3.63) is 48.5 Å². The standard InChI is InChI=1S/C20H24N2O3/c1-3-20(13-6-14-21-20)19(23)22-15-9-11-16(12-10-15)25-18-8-5-4-7-17(18)24-2/h4-5,7-12,21H,3,6,13-14H2,1-2H3,(H,22,23). The molecule has 1 fully saturated rings. The van der Waals surface area contributed by atoms with Gasteiger partial charge in [-0.15, -0.1) is 0 Å².